The van der Waals surface area contributed by atoms with E-state index in [1.54, 1.807) is 22.9 Å². The molecule has 1 amide bonds. The number of hydrogen-bond acceptors (Lipinski definition) is 5. The highest BCUT2D eigenvalue weighted by molar-refractivity contribution is 7.98. The first-order valence-electron chi connectivity index (χ1n) is 9.63. The van der Waals surface area contributed by atoms with Crippen molar-refractivity contribution in [3.63, 3.8) is 0 Å². The van der Waals surface area contributed by atoms with E-state index in [2.05, 4.69) is 15.4 Å². The molecule has 2 aromatic heterocycles. The SMILES string of the molecule is CSc1ccccc1C(=O)NCCn1ncc2c(=O)n(Cc3cccc(F)c3)cnc21. The highest BCUT2D eigenvalue weighted by Gasteiger charge is 2.12. The molecule has 0 unspecified atom stereocenters. The molecule has 0 aliphatic rings. The lowest BCUT2D eigenvalue weighted by atomic mass is 10.2. The molecule has 0 saturated carbocycles. The van der Waals surface area contributed by atoms with Crippen LogP contribution in [-0.2, 0) is 13.1 Å². The largest absolute Gasteiger partial charge is 0.350 e. The van der Waals surface area contributed by atoms with Crippen molar-refractivity contribution in [1.29, 1.82) is 0 Å². The predicted octanol–water partition coefficient (Wildman–Crippen LogP) is 2.93. The number of thioether (sulfide) groups is 1. The Labute approximate surface area is 181 Å². The summed E-state index contributed by atoms with van der Waals surface area (Å²) in [6, 6.07) is 13.5. The molecule has 0 fully saturated rings. The molecule has 0 radical (unpaired) electrons. The summed E-state index contributed by atoms with van der Waals surface area (Å²) in [4.78, 5) is 30.5. The summed E-state index contributed by atoms with van der Waals surface area (Å²) in [5.41, 5.74) is 1.49. The van der Waals surface area contributed by atoms with Crippen molar-refractivity contribution in [2.24, 2.45) is 0 Å². The Morgan fingerprint density at radius 2 is 2.03 bits per heavy atom. The van der Waals surface area contributed by atoms with E-state index in [-0.39, 0.29) is 23.8 Å². The maximum Gasteiger partial charge on any atom is 0.264 e. The van der Waals surface area contributed by atoms with Gasteiger partial charge >= 0.3 is 0 Å². The summed E-state index contributed by atoms with van der Waals surface area (Å²) in [6.07, 6.45) is 4.83. The fraction of sp³-hybridized carbons (Fsp3) is 0.182. The number of fused-ring (bicyclic) bond motifs is 1. The molecule has 4 aromatic rings. The number of amides is 1. The van der Waals surface area contributed by atoms with Crippen LogP contribution in [0.15, 0.2) is 70.7 Å². The van der Waals surface area contributed by atoms with Gasteiger partial charge in [-0.25, -0.2) is 14.1 Å². The van der Waals surface area contributed by atoms with E-state index in [4.69, 9.17) is 0 Å². The molecule has 0 aliphatic carbocycles. The first kappa shape index (κ1) is 20.8. The second-order valence-corrected chi connectivity index (χ2v) is 7.72. The van der Waals surface area contributed by atoms with Gasteiger partial charge in [0, 0.05) is 11.4 Å². The van der Waals surface area contributed by atoms with Gasteiger partial charge in [-0.1, -0.05) is 24.3 Å². The molecule has 0 atom stereocenters. The predicted molar refractivity (Wildman–Crippen MR) is 118 cm³/mol. The number of halogens is 1. The molecule has 0 bridgehead atoms. The highest BCUT2D eigenvalue weighted by Crippen LogP contribution is 2.19. The van der Waals surface area contributed by atoms with Crippen LogP contribution in [-0.4, -0.2) is 38.0 Å². The monoisotopic (exact) mass is 437 g/mol. The molecule has 158 valence electrons. The zero-order valence-corrected chi connectivity index (χ0v) is 17.6. The van der Waals surface area contributed by atoms with E-state index in [0.29, 0.717) is 35.2 Å². The summed E-state index contributed by atoms with van der Waals surface area (Å²) in [7, 11) is 0. The van der Waals surface area contributed by atoms with Crippen LogP contribution in [0.2, 0.25) is 0 Å². The number of benzene rings is 2. The third-order valence-electron chi connectivity index (χ3n) is 4.82. The van der Waals surface area contributed by atoms with E-state index in [1.807, 2.05) is 24.5 Å². The lowest BCUT2D eigenvalue weighted by Crippen LogP contribution is -2.28. The van der Waals surface area contributed by atoms with Gasteiger partial charge in [0.1, 0.15) is 17.5 Å². The third-order valence-corrected chi connectivity index (χ3v) is 5.62. The van der Waals surface area contributed by atoms with E-state index < -0.39 is 0 Å². The maximum atomic E-state index is 13.4. The number of hydrogen-bond donors (Lipinski definition) is 1. The number of carbonyl (C=O) groups is 1. The van der Waals surface area contributed by atoms with Crippen LogP contribution < -0.4 is 10.9 Å². The van der Waals surface area contributed by atoms with E-state index in [9.17, 15) is 14.0 Å². The molecule has 0 spiro atoms. The van der Waals surface area contributed by atoms with Crippen molar-refractivity contribution in [2.75, 3.05) is 12.8 Å². The normalized spacial score (nSPS) is 11.0. The van der Waals surface area contributed by atoms with E-state index in [1.165, 1.54) is 41.0 Å². The Kier molecular flexibility index (Phi) is 6.13. The van der Waals surface area contributed by atoms with Crippen molar-refractivity contribution < 1.29 is 9.18 Å². The van der Waals surface area contributed by atoms with Crippen molar-refractivity contribution >= 4 is 28.7 Å². The minimum Gasteiger partial charge on any atom is -0.350 e. The first-order valence-corrected chi connectivity index (χ1v) is 10.9. The molecular weight excluding hydrogens is 417 g/mol. The highest BCUT2D eigenvalue weighted by atomic mass is 32.2. The Morgan fingerprint density at radius 1 is 1.19 bits per heavy atom. The van der Waals surface area contributed by atoms with Crippen LogP contribution >= 0.6 is 11.8 Å². The molecule has 4 rings (SSSR count). The minimum atomic E-state index is -0.352. The Hall–Kier alpha value is -3.46. The minimum absolute atomic E-state index is 0.160. The molecule has 1 N–H and O–H groups in total. The van der Waals surface area contributed by atoms with E-state index >= 15 is 0 Å². The lowest BCUT2D eigenvalue weighted by Gasteiger charge is -2.09. The fourth-order valence-corrected chi connectivity index (χ4v) is 3.90. The molecular formula is C22H20FN5O2S. The van der Waals surface area contributed by atoms with Crippen LogP contribution in [0.4, 0.5) is 4.39 Å². The summed E-state index contributed by atoms with van der Waals surface area (Å²) < 4.78 is 16.4. The average molecular weight is 438 g/mol. The smallest absolute Gasteiger partial charge is 0.264 e. The van der Waals surface area contributed by atoms with Gasteiger partial charge in [0.05, 0.1) is 24.8 Å². The molecule has 0 saturated heterocycles. The summed E-state index contributed by atoms with van der Waals surface area (Å²) in [5.74, 6) is -0.513. The van der Waals surface area contributed by atoms with Crippen LogP contribution in [0.3, 0.4) is 0 Å². The van der Waals surface area contributed by atoms with Gasteiger partial charge in [0.2, 0.25) is 0 Å². The van der Waals surface area contributed by atoms with E-state index in [0.717, 1.165) is 4.90 Å². The zero-order valence-electron chi connectivity index (χ0n) is 16.8. The molecule has 0 aliphatic heterocycles. The zero-order chi connectivity index (χ0) is 21.8. The second-order valence-electron chi connectivity index (χ2n) is 6.87. The van der Waals surface area contributed by atoms with Gasteiger partial charge < -0.3 is 5.32 Å². The van der Waals surface area contributed by atoms with Gasteiger partial charge in [-0.3, -0.25) is 14.2 Å². The van der Waals surface area contributed by atoms with Crippen LogP contribution in [0.25, 0.3) is 11.0 Å². The average Bonchev–Trinajstić information content (AvgIpc) is 3.19. The topological polar surface area (TPSA) is 81.8 Å². The van der Waals surface area contributed by atoms with Crippen LogP contribution in [0.1, 0.15) is 15.9 Å². The summed E-state index contributed by atoms with van der Waals surface area (Å²) >= 11 is 1.51. The van der Waals surface area contributed by atoms with Crippen LogP contribution in [0.5, 0.6) is 0 Å². The Bertz CT molecular complexity index is 1300. The van der Waals surface area contributed by atoms with Gasteiger partial charge in [0.15, 0.2) is 5.65 Å². The molecule has 7 nitrogen and oxygen atoms in total. The Balaban J connectivity index is 1.46. The quantitative estimate of drug-likeness (QED) is 0.450. The van der Waals surface area contributed by atoms with Gasteiger partial charge in [-0.05, 0) is 36.1 Å². The van der Waals surface area contributed by atoms with Gasteiger partial charge in [-0.2, -0.15) is 5.10 Å². The van der Waals surface area contributed by atoms with Gasteiger partial charge in [-0.15, -0.1) is 11.8 Å². The molecule has 31 heavy (non-hydrogen) atoms. The maximum absolute atomic E-state index is 13.4. The summed E-state index contributed by atoms with van der Waals surface area (Å²) in [5, 5.41) is 7.50. The third kappa shape index (κ3) is 4.51. The fourth-order valence-electron chi connectivity index (χ4n) is 3.31. The Morgan fingerprint density at radius 3 is 2.84 bits per heavy atom. The van der Waals surface area contributed by atoms with Crippen LogP contribution in [0, 0.1) is 5.82 Å². The molecule has 2 heterocycles. The standard InChI is InChI=1S/C22H20FN5O2S/c1-31-19-8-3-2-7-17(19)21(29)24-9-10-28-20-18(12-26-28)22(30)27(14-25-20)13-15-5-4-6-16(23)11-15/h2-8,11-12,14H,9-10,13H2,1H3,(H,24,29). The number of carbonyl (C=O) groups excluding carboxylic acids is 1. The van der Waals surface area contributed by atoms with Gasteiger partial charge in [0.25, 0.3) is 11.5 Å². The van der Waals surface area contributed by atoms with Crippen molar-refractivity contribution in [3.8, 4) is 0 Å². The number of nitrogens with zero attached hydrogens (tertiary/aromatic N) is 4. The number of rotatable bonds is 7. The second kappa shape index (κ2) is 9.13. The van der Waals surface area contributed by atoms with Crippen molar-refractivity contribution in [1.82, 2.24) is 24.6 Å². The number of aromatic nitrogens is 4. The lowest BCUT2D eigenvalue weighted by molar-refractivity contribution is 0.0949. The number of nitrogens with one attached hydrogen (secondary N) is 1. The first-order chi connectivity index (χ1) is 15.1. The van der Waals surface area contributed by atoms with Crippen molar-refractivity contribution in [3.05, 3.63) is 88.4 Å². The molecule has 2 aromatic carbocycles. The van der Waals surface area contributed by atoms with Crippen molar-refractivity contribution in [2.45, 2.75) is 18.0 Å². The summed E-state index contributed by atoms with van der Waals surface area (Å²) in [6.45, 7) is 0.930. The molecule has 9 heteroatoms.